The zero-order valence-corrected chi connectivity index (χ0v) is 59.9. The Morgan fingerprint density at radius 2 is 0.956 bits per heavy atom. The standard InChI is InChI=1S/C25H24BrNO3S.C23H18BrNO2S.C18H19NO2S.C7H6BrIO/c1-3-30-25(28)14-9-19-15-21(31-17-18-7-5-4-6-8-18)11-13-22(19)27-23-12-10-20(26)16-24(23)29-2;1-27-22-14-18(24)8-10-21(22)25-20-11-9-19(13-17(20)7-12-23(25)26)28-15-16-5-3-2-4-6-16;1-2-21-18(20)11-8-15-12-16(9-10-17(15)19)22-13-14-6-4-3-5-7-14;1-10-7-4-5(8)2-3-6(7)9/h4-16,27H,3,17H2,1-2H3;2-14H,15H2,1H3;3-12H,2,13,19H2,1H3;2-4H,1H3/b14-9+;;11-8+;. The minimum absolute atomic E-state index is 0.0854. The number of esters is 2. The van der Waals surface area contributed by atoms with Crippen LogP contribution in [0.4, 0.5) is 17.1 Å². The van der Waals surface area contributed by atoms with Gasteiger partial charge in [-0.3, -0.25) is 9.36 Å². The molecule has 18 heteroatoms. The number of carbonyl (C=O) groups is 2. The Labute approximate surface area is 584 Å². The van der Waals surface area contributed by atoms with Crippen LogP contribution in [-0.2, 0) is 36.3 Å². The Morgan fingerprint density at radius 1 is 0.505 bits per heavy atom. The van der Waals surface area contributed by atoms with Crippen molar-refractivity contribution in [2.75, 3.05) is 45.6 Å². The number of methoxy groups -OCH3 is 3. The lowest BCUT2D eigenvalue weighted by molar-refractivity contribution is -0.138. The fraction of sp³-hybridized carbons (Fsp3) is 0.137. The number of nitrogens with zero attached hydrogens (tertiary/aromatic N) is 1. The number of ether oxygens (including phenoxy) is 5. The van der Waals surface area contributed by atoms with Crippen molar-refractivity contribution < 1.29 is 33.3 Å². The van der Waals surface area contributed by atoms with E-state index in [1.54, 1.807) is 93.2 Å². The number of benzene rings is 9. The molecule has 0 radical (unpaired) electrons. The SMILES string of the molecule is CCOC(=O)/C=C/c1cc(SCc2ccccc2)ccc1N.CCOC(=O)/C=C/c1cc(SCc2ccccc2)ccc1Nc1ccc(Br)cc1OC.COc1cc(Br)ccc1-n1c(=O)ccc2cc(SCc3ccccc3)ccc21.COc1cc(Br)ccc1I. The molecule has 0 aliphatic carbocycles. The summed E-state index contributed by atoms with van der Waals surface area (Å²) in [5.41, 5.74) is 15.3. The molecule has 0 atom stereocenters. The molecule has 0 aliphatic heterocycles. The highest BCUT2D eigenvalue weighted by atomic mass is 127. The summed E-state index contributed by atoms with van der Waals surface area (Å²) in [6.07, 6.45) is 6.33. The second-order valence-electron chi connectivity index (χ2n) is 19.3. The molecule has 0 saturated carbocycles. The molecule has 0 unspecified atom stereocenters. The number of thioether (sulfide) groups is 3. The molecule has 0 bridgehead atoms. The Balaban J connectivity index is 0.000000182. The maximum Gasteiger partial charge on any atom is 0.330 e. The van der Waals surface area contributed by atoms with E-state index in [4.69, 9.17) is 29.4 Å². The van der Waals surface area contributed by atoms with Gasteiger partial charge in [-0.1, -0.05) is 139 Å². The van der Waals surface area contributed by atoms with Gasteiger partial charge < -0.3 is 34.7 Å². The molecule has 0 saturated heterocycles. The predicted molar refractivity (Wildman–Crippen MR) is 398 cm³/mol. The number of fused-ring (bicyclic) bond motifs is 1. The molecule has 468 valence electrons. The van der Waals surface area contributed by atoms with Crippen LogP contribution in [-0.4, -0.2) is 51.0 Å². The summed E-state index contributed by atoms with van der Waals surface area (Å²) in [4.78, 5) is 39.3. The van der Waals surface area contributed by atoms with Gasteiger partial charge in [-0.15, -0.1) is 35.3 Å². The van der Waals surface area contributed by atoms with Gasteiger partial charge in [-0.2, -0.15) is 0 Å². The van der Waals surface area contributed by atoms with E-state index in [9.17, 15) is 14.4 Å². The third-order valence-corrected chi connectivity index (χ3v) is 18.6. The molecule has 1 aromatic heterocycles. The number of carbonyl (C=O) groups excluding carboxylic acids is 2. The van der Waals surface area contributed by atoms with Crippen molar-refractivity contribution in [2.45, 2.75) is 45.8 Å². The highest BCUT2D eigenvalue weighted by Gasteiger charge is 2.14. The minimum Gasteiger partial charge on any atom is -0.496 e. The molecule has 1 heterocycles. The van der Waals surface area contributed by atoms with E-state index >= 15 is 0 Å². The molecule has 0 amide bonds. The van der Waals surface area contributed by atoms with E-state index in [0.29, 0.717) is 24.7 Å². The van der Waals surface area contributed by atoms with Gasteiger partial charge in [0.2, 0.25) is 0 Å². The summed E-state index contributed by atoms with van der Waals surface area (Å²) >= 11 is 17.8. The van der Waals surface area contributed by atoms with Crippen LogP contribution in [0.2, 0.25) is 0 Å². The maximum atomic E-state index is 12.7. The van der Waals surface area contributed by atoms with Gasteiger partial charge in [0.15, 0.2) is 0 Å². The molecule has 10 aromatic rings. The Hall–Kier alpha value is -7.17. The molecule has 0 aliphatic rings. The summed E-state index contributed by atoms with van der Waals surface area (Å²) in [5.74, 6) is 4.23. The van der Waals surface area contributed by atoms with Crippen molar-refractivity contribution in [1.29, 1.82) is 0 Å². The van der Waals surface area contributed by atoms with Crippen LogP contribution in [0.1, 0.15) is 41.7 Å². The molecule has 10 rings (SSSR count). The second-order valence-corrected chi connectivity index (χ2v) is 26.4. The zero-order chi connectivity index (χ0) is 64.9. The highest BCUT2D eigenvalue weighted by Crippen LogP contribution is 2.36. The lowest BCUT2D eigenvalue weighted by Crippen LogP contribution is -2.18. The monoisotopic (exact) mass is 1570 g/mol. The first kappa shape index (κ1) is 71.3. The van der Waals surface area contributed by atoms with Crippen LogP contribution in [0.25, 0.3) is 28.7 Å². The predicted octanol–water partition coefficient (Wildman–Crippen LogP) is 20.3. The zero-order valence-electron chi connectivity index (χ0n) is 50.6. The van der Waals surface area contributed by atoms with E-state index < -0.39 is 0 Å². The van der Waals surface area contributed by atoms with Crippen molar-refractivity contribution in [3.8, 4) is 22.9 Å². The van der Waals surface area contributed by atoms with Crippen molar-refractivity contribution in [3.05, 3.63) is 280 Å². The first-order chi connectivity index (χ1) is 44.2. The molecule has 11 nitrogen and oxygen atoms in total. The van der Waals surface area contributed by atoms with Crippen LogP contribution in [0.5, 0.6) is 17.2 Å². The maximum absolute atomic E-state index is 12.7. The summed E-state index contributed by atoms with van der Waals surface area (Å²) < 4.78 is 31.7. The Morgan fingerprint density at radius 3 is 1.48 bits per heavy atom. The largest absolute Gasteiger partial charge is 0.496 e. The Kier molecular flexibility index (Phi) is 29.8. The number of hydrogen-bond donors (Lipinski definition) is 2. The fourth-order valence-corrected chi connectivity index (χ4v) is 12.8. The lowest BCUT2D eigenvalue weighted by Gasteiger charge is -2.15. The van der Waals surface area contributed by atoms with Crippen molar-refractivity contribution in [3.63, 3.8) is 0 Å². The van der Waals surface area contributed by atoms with Gasteiger partial charge >= 0.3 is 11.9 Å². The highest BCUT2D eigenvalue weighted by molar-refractivity contribution is 14.1. The quantitative estimate of drug-likeness (QED) is 0.0232. The fourth-order valence-electron chi connectivity index (χ4n) is 8.53. The van der Waals surface area contributed by atoms with E-state index in [0.717, 1.165) is 94.6 Å². The van der Waals surface area contributed by atoms with Crippen LogP contribution >= 0.6 is 106 Å². The van der Waals surface area contributed by atoms with Crippen molar-refractivity contribution >= 4 is 158 Å². The lowest BCUT2D eigenvalue weighted by atomic mass is 10.1. The number of anilines is 3. The first-order valence-electron chi connectivity index (χ1n) is 28.5. The van der Waals surface area contributed by atoms with E-state index in [1.165, 1.54) is 33.7 Å². The van der Waals surface area contributed by atoms with Crippen LogP contribution < -0.4 is 30.8 Å². The Bertz CT molecular complexity index is 4130. The summed E-state index contributed by atoms with van der Waals surface area (Å²) in [7, 11) is 4.92. The van der Waals surface area contributed by atoms with E-state index in [2.05, 4.69) is 148 Å². The molecular formula is C73H67Br3IN3O8S3. The minimum atomic E-state index is -0.364. The molecule has 0 fully saturated rings. The van der Waals surface area contributed by atoms with Crippen molar-refractivity contribution in [2.24, 2.45) is 0 Å². The van der Waals surface area contributed by atoms with Crippen molar-refractivity contribution in [1.82, 2.24) is 4.57 Å². The van der Waals surface area contributed by atoms with Gasteiger partial charge in [0, 0.05) is 75.0 Å². The van der Waals surface area contributed by atoms with Gasteiger partial charge in [0.1, 0.15) is 17.2 Å². The summed E-state index contributed by atoms with van der Waals surface area (Å²) in [6.45, 7) is 4.28. The number of pyridine rings is 1. The van der Waals surface area contributed by atoms with E-state index in [-0.39, 0.29) is 17.5 Å². The number of nitrogens with one attached hydrogen (secondary N) is 1. The third-order valence-electron chi connectivity index (χ3n) is 13.0. The number of halogens is 4. The van der Waals surface area contributed by atoms with Gasteiger partial charge in [0.05, 0.1) is 55.0 Å². The first-order valence-corrected chi connectivity index (χ1v) is 34.9. The smallest absolute Gasteiger partial charge is 0.330 e. The summed E-state index contributed by atoms with van der Waals surface area (Å²) in [5, 5.41) is 4.43. The molecule has 91 heavy (non-hydrogen) atoms. The van der Waals surface area contributed by atoms with Crippen LogP contribution in [0.3, 0.4) is 0 Å². The van der Waals surface area contributed by atoms with Gasteiger partial charge in [-0.25, -0.2) is 9.59 Å². The summed E-state index contributed by atoms with van der Waals surface area (Å²) in [6, 6.07) is 70.1. The average Bonchev–Trinajstić information content (AvgIpc) is 0.840. The molecule has 3 N–H and O–H groups in total. The number of nitrogen functional groups attached to an aromatic ring is 1. The van der Waals surface area contributed by atoms with Gasteiger partial charge in [0.25, 0.3) is 5.56 Å². The molecular weight excluding hydrogens is 1510 g/mol. The topological polar surface area (TPSA) is 140 Å². The second kappa shape index (κ2) is 38.0. The average molecular weight is 1580 g/mol. The number of aromatic nitrogens is 1. The number of hydrogen-bond acceptors (Lipinski definition) is 13. The van der Waals surface area contributed by atoms with Crippen LogP contribution in [0.15, 0.2) is 257 Å². The number of nitrogens with two attached hydrogens (primary N) is 1. The normalized spacial score (nSPS) is 10.7. The molecule has 9 aromatic carbocycles. The van der Waals surface area contributed by atoms with Gasteiger partial charge in [-0.05, 0) is 197 Å². The third kappa shape index (κ3) is 23.2. The van der Waals surface area contributed by atoms with Crippen LogP contribution in [0, 0.1) is 3.57 Å². The van der Waals surface area contributed by atoms with E-state index in [1.807, 2.05) is 133 Å². The number of rotatable bonds is 21. The molecule has 0 spiro atoms.